The number of aryl methyl sites for hydroxylation is 1. The van der Waals surface area contributed by atoms with Crippen molar-refractivity contribution < 1.29 is 14.7 Å². The van der Waals surface area contributed by atoms with Crippen LogP contribution >= 0.6 is 0 Å². The molecule has 0 aliphatic carbocycles. The van der Waals surface area contributed by atoms with E-state index in [9.17, 15) is 14.7 Å². The van der Waals surface area contributed by atoms with Gasteiger partial charge in [-0.05, 0) is 55.0 Å². The van der Waals surface area contributed by atoms with E-state index in [0.29, 0.717) is 16.9 Å². The summed E-state index contributed by atoms with van der Waals surface area (Å²) < 4.78 is 0. The van der Waals surface area contributed by atoms with Gasteiger partial charge in [-0.3, -0.25) is 14.5 Å². The van der Waals surface area contributed by atoms with E-state index in [0.717, 1.165) is 11.1 Å². The summed E-state index contributed by atoms with van der Waals surface area (Å²) in [5.41, 5.74) is 3.91. The van der Waals surface area contributed by atoms with E-state index in [-0.39, 0.29) is 29.8 Å². The molecule has 31 heavy (non-hydrogen) atoms. The molecule has 0 saturated carbocycles. The van der Waals surface area contributed by atoms with Crippen LogP contribution in [0.15, 0.2) is 83.0 Å². The molecule has 4 rings (SSSR count). The molecule has 7 nitrogen and oxygen atoms in total. The molecule has 2 N–H and O–H groups in total. The van der Waals surface area contributed by atoms with Crippen molar-refractivity contribution in [1.82, 2.24) is 0 Å². The number of carbonyl (C=O) groups excluding carboxylic acids is 2. The van der Waals surface area contributed by atoms with Crippen LogP contribution in [0.5, 0.6) is 5.75 Å². The average Bonchev–Trinajstić information content (AvgIpc) is 3.03. The summed E-state index contributed by atoms with van der Waals surface area (Å²) in [4.78, 5) is 26.9. The zero-order chi connectivity index (χ0) is 21.8. The first-order valence-corrected chi connectivity index (χ1v) is 9.69. The van der Waals surface area contributed by atoms with Crippen LogP contribution in [0.2, 0.25) is 0 Å². The molecule has 0 radical (unpaired) electrons. The number of anilines is 2. The molecule has 0 atom stereocenters. The van der Waals surface area contributed by atoms with Gasteiger partial charge in [0.05, 0.1) is 11.9 Å². The molecule has 0 fully saturated rings. The topological polar surface area (TPSA) is 94.4 Å². The number of nitrogens with one attached hydrogen (secondary N) is 1. The molecule has 3 aromatic rings. The van der Waals surface area contributed by atoms with Crippen molar-refractivity contribution in [3.05, 3.63) is 89.5 Å². The fraction of sp³-hybridized carbons (Fsp3) is 0.0833. The Bertz CT molecular complexity index is 1180. The van der Waals surface area contributed by atoms with Crippen LogP contribution in [0.4, 0.5) is 11.4 Å². The number of carbonyl (C=O) groups is 2. The van der Waals surface area contributed by atoms with Crippen molar-refractivity contribution in [2.75, 3.05) is 16.8 Å². The lowest BCUT2D eigenvalue weighted by molar-refractivity contribution is -0.118. The van der Waals surface area contributed by atoms with E-state index in [4.69, 9.17) is 0 Å². The molecule has 154 valence electrons. The lowest BCUT2D eigenvalue weighted by Gasteiger charge is -2.16. The number of benzene rings is 3. The van der Waals surface area contributed by atoms with E-state index in [2.05, 4.69) is 15.5 Å². The molecule has 1 aliphatic rings. The van der Waals surface area contributed by atoms with Crippen molar-refractivity contribution in [1.29, 1.82) is 0 Å². The number of nitrogens with zero attached hydrogens (tertiary/aromatic N) is 3. The van der Waals surface area contributed by atoms with Crippen molar-refractivity contribution >= 4 is 35.1 Å². The molecule has 0 spiro atoms. The number of phenolic OH excluding ortho intramolecular Hbond substituents is 1. The minimum atomic E-state index is -0.386. The van der Waals surface area contributed by atoms with Crippen LogP contribution in [0.3, 0.4) is 0 Å². The molecule has 0 unspecified atom stereocenters. The van der Waals surface area contributed by atoms with Crippen molar-refractivity contribution in [2.24, 2.45) is 10.2 Å². The number of para-hydroxylation sites is 1. The third kappa shape index (κ3) is 4.51. The summed E-state index contributed by atoms with van der Waals surface area (Å²) in [6.45, 7) is 1.83. The molecule has 1 heterocycles. The highest BCUT2D eigenvalue weighted by Crippen LogP contribution is 2.29. The Morgan fingerprint density at radius 3 is 2.48 bits per heavy atom. The van der Waals surface area contributed by atoms with Crippen LogP contribution in [0.25, 0.3) is 0 Å². The van der Waals surface area contributed by atoms with Crippen LogP contribution in [0, 0.1) is 6.92 Å². The van der Waals surface area contributed by atoms with E-state index < -0.39 is 0 Å². The van der Waals surface area contributed by atoms with Gasteiger partial charge in [-0.15, -0.1) is 5.10 Å². The SMILES string of the molecule is Cc1ccc(NC(=O)CN2C(=O)/C(=N\N=C\c3ccc(O)cc3)c3ccccc32)cc1. The Balaban J connectivity index is 1.53. The summed E-state index contributed by atoms with van der Waals surface area (Å²) >= 11 is 0. The standard InChI is InChI=1S/C24H20N4O3/c1-16-6-10-18(11-7-16)26-22(30)15-28-21-5-3-2-4-20(21)23(24(28)31)27-25-14-17-8-12-19(29)13-9-17/h2-14,29H,15H2,1H3,(H,26,30)/b25-14+,27-23-. The normalized spacial score (nSPS) is 14.3. The van der Waals surface area contributed by atoms with Gasteiger partial charge >= 0.3 is 0 Å². The van der Waals surface area contributed by atoms with Gasteiger partial charge in [0.25, 0.3) is 5.91 Å². The van der Waals surface area contributed by atoms with Crippen molar-refractivity contribution in [2.45, 2.75) is 6.92 Å². The average molecular weight is 412 g/mol. The van der Waals surface area contributed by atoms with E-state index in [1.165, 1.54) is 11.1 Å². The minimum absolute atomic E-state index is 0.135. The maximum Gasteiger partial charge on any atom is 0.279 e. The highest BCUT2D eigenvalue weighted by molar-refractivity contribution is 6.54. The highest BCUT2D eigenvalue weighted by Gasteiger charge is 2.35. The molecule has 0 aromatic heterocycles. The van der Waals surface area contributed by atoms with Gasteiger partial charge in [-0.1, -0.05) is 35.9 Å². The Hall–Kier alpha value is -4.26. The van der Waals surface area contributed by atoms with Gasteiger partial charge in [0.2, 0.25) is 5.91 Å². The quantitative estimate of drug-likeness (QED) is 0.496. The molecule has 1 aliphatic heterocycles. The predicted molar refractivity (Wildman–Crippen MR) is 121 cm³/mol. The lowest BCUT2D eigenvalue weighted by atomic mass is 10.1. The monoisotopic (exact) mass is 412 g/mol. The molecular formula is C24H20N4O3. The molecule has 2 amide bonds. The first-order chi connectivity index (χ1) is 15.0. The highest BCUT2D eigenvalue weighted by atomic mass is 16.3. The second-order valence-electron chi connectivity index (χ2n) is 7.11. The molecule has 0 saturated heterocycles. The third-order valence-electron chi connectivity index (χ3n) is 4.79. The van der Waals surface area contributed by atoms with Gasteiger partial charge in [0.1, 0.15) is 12.3 Å². The van der Waals surface area contributed by atoms with Crippen LogP contribution < -0.4 is 10.2 Å². The Morgan fingerprint density at radius 1 is 1.03 bits per heavy atom. The summed E-state index contributed by atoms with van der Waals surface area (Å²) in [5, 5.41) is 20.3. The van der Waals surface area contributed by atoms with Crippen LogP contribution in [-0.4, -0.2) is 35.4 Å². The van der Waals surface area contributed by atoms with Gasteiger partial charge < -0.3 is 10.4 Å². The van der Waals surface area contributed by atoms with Crippen LogP contribution in [-0.2, 0) is 9.59 Å². The van der Waals surface area contributed by atoms with Gasteiger partial charge in [0, 0.05) is 11.3 Å². The number of phenols is 1. The fourth-order valence-corrected chi connectivity index (χ4v) is 3.21. The largest absolute Gasteiger partial charge is 0.508 e. The third-order valence-corrected chi connectivity index (χ3v) is 4.79. The van der Waals surface area contributed by atoms with E-state index in [1.54, 1.807) is 48.5 Å². The number of rotatable bonds is 5. The number of amides is 2. The second kappa shape index (κ2) is 8.62. The summed E-state index contributed by atoms with van der Waals surface area (Å²) in [5.74, 6) is -0.535. The first kappa shape index (κ1) is 20.0. The van der Waals surface area contributed by atoms with Crippen molar-refractivity contribution in [3.8, 4) is 5.75 Å². The van der Waals surface area contributed by atoms with Crippen molar-refractivity contribution in [3.63, 3.8) is 0 Å². The zero-order valence-electron chi connectivity index (χ0n) is 16.8. The predicted octanol–water partition coefficient (Wildman–Crippen LogP) is 3.51. The van der Waals surface area contributed by atoms with Gasteiger partial charge in [-0.25, -0.2) is 0 Å². The smallest absolute Gasteiger partial charge is 0.279 e. The van der Waals surface area contributed by atoms with E-state index in [1.807, 2.05) is 31.2 Å². The molecular weight excluding hydrogens is 392 g/mol. The number of fused-ring (bicyclic) bond motifs is 1. The number of hydrogen-bond acceptors (Lipinski definition) is 5. The fourth-order valence-electron chi connectivity index (χ4n) is 3.21. The minimum Gasteiger partial charge on any atom is -0.508 e. The zero-order valence-corrected chi connectivity index (χ0v) is 16.8. The number of aromatic hydroxyl groups is 1. The Kier molecular flexibility index (Phi) is 5.57. The summed E-state index contributed by atoms with van der Waals surface area (Å²) in [7, 11) is 0. The lowest BCUT2D eigenvalue weighted by Crippen LogP contribution is -2.37. The molecule has 3 aromatic carbocycles. The Labute approximate surface area is 179 Å². The maximum atomic E-state index is 13.0. The maximum absolute atomic E-state index is 13.0. The molecule has 7 heteroatoms. The van der Waals surface area contributed by atoms with Gasteiger partial charge in [-0.2, -0.15) is 5.10 Å². The van der Waals surface area contributed by atoms with E-state index >= 15 is 0 Å². The molecule has 0 bridgehead atoms. The number of hydrogen-bond donors (Lipinski definition) is 2. The Morgan fingerprint density at radius 2 is 1.74 bits per heavy atom. The van der Waals surface area contributed by atoms with Gasteiger partial charge in [0.15, 0.2) is 5.71 Å². The second-order valence-corrected chi connectivity index (χ2v) is 7.11. The summed E-state index contributed by atoms with van der Waals surface area (Å²) in [6, 6.07) is 21.1. The first-order valence-electron chi connectivity index (χ1n) is 9.69. The summed E-state index contributed by atoms with van der Waals surface area (Å²) in [6.07, 6.45) is 1.50. The van der Waals surface area contributed by atoms with Crippen LogP contribution in [0.1, 0.15) is 16.7 Å².